The van der Waals surface area contributed by atoms with Crippen molar-refractivity contribution < 1.29 is 4.79 Å². The van der Waals surface area contributed by atoms with Crippen LogP contribution in [0, 0.1) is 11.8 Å². The Hall–Kier alpha value is -0.680. The summed E-state index contributed by atoms with van der Waals surface area (Å²) in [4.78, 5) is 13.9. The fourth-order valence-electron chi connectivity index (χ4n) is 1.91. The molecule has 1 aromatic heterocycles. The van der Waals surface area contributed by atoms with E-state index in [1.54, 1.807) is 11.8 Å². The third-order valence-corrected chi connectivity index (χ3v) is 5.24. The van der Waals surface area contributed by atoms with Crippen LogP contribution in [-0.2, 0) is 0 Å². The Morgan fingerprint density at radius 2 is 2.00 bits per heavy atom. The van der Waals surface area contributed by atoms with Crippen LogP contribution in [0.3, 0.4) is 0 Å². The van der Waals surface area contributed by atoms with Gasteiger partial charge in [0, 0.05) is 12.5 Å². The zero-order chi connectivity index (χ0) is 15.3. The van der Waals surface area contributed by atoms with Crippen molar-refractivity contribution in [3.05, 3.63) is 4.88 Å². The molecule has 5 heteroatoms. The molecule has 0 amide bonds. The van der Waals surface area contributed by atoms with Crippen molar-refractivity contribution >= 4 is 39.6 Å². The lowest BCUT2D eigenvalue weighted by Crippen LogP contribution is -2.07. The lowest BCUT2D eigenvalue weighted by atomic mass is 10.1. The SMILES string of the molecule is CSc1c(NCCCC(C)C)sc(C(=O)C(C)C)c1N. The van der Waals surface area contributed by atoms with Gasteiger partial charge in [-0.15, -0.1) is 23.1 Å². The van der Waals surface area contributed by atoms with Crippen molar-refractivity contribution in [3.63, 3.8) is 0 Å². The lowest BCUT2D eigenvalue weighted by Gasteiger charge is -2.07. The molecule has 3 N–H and O–H groups in total. The average Bonchev–Trinajstić information content (AvgIpc) is 2.69. The van der Waals surface area contributed by atoms with Crippen molar-refractivity contribution in [1.29, 1.82) is 0 Å². The number of carbonyl (C=O) groups is 1. The molecular weight excluding hydrogens is 288 g/mol. The van der Waals surface area contributed by atoms with E-state index in [0.29, 0.717) is 10.6 Å². The van der Waals surface area contributed by atoms with Gasteiger partial charge in [0.1, 0.15) is 5.00 Å². The number of nitrogens with one attached hydrogen (secondary N) is 1. The summed E-state index contributed by atoms with van der Waals surface area (Å²) >= 11 is 3.11. The quantitative estimate of drug-likeness (QED) is 0.413. The molecule has 114 valence electrons. The molecular formula is C15H26N2OS2. The number of Topliss-reactive ketones (excluding diaryl/α,β-unsaturated/α-hetero) is 1. The van der Waals surface area contributed by atoms with Gasteiger partial charge in [0.25, 0.3) is 0 Å². The minimum Gasteiger partial charge on any atom is -0.396 e. The van der Waals surface area contributed by atoms with Crippen molar-refractivity contribution in [2.24, 2.45) is 11.8 Å². The number of rotatable bonds is 8. The Balaban J connectivity index is 2.80. The fourth-order valence-corrected chi connectivity index (χ4v) is 4.05. The standard InChI is InChI=1S/C15H26N2OS2/c1-9(2)7-6-8-17-15-14(19-5)11(16)13(20-15)12(18)10(3)4/h9-10,17H,6-8,16H2,1-5H3. The summed E-state index contributed by atoms with van der Waals surface area (Å²) in [5.74, 6) is 0.848. The second-order valence-electron chi connectivity index (χ2n) is 5.69. The molecule has 0 aliphatic heterocycles. The van der Waals surface area contributed by atoms with Crippen LogP contribution >= 0.6 is 23.1 Å². The smallest absolute Gasteiger partial charge is 0.177 e. The number of nitrogens with two attached hydrogens (primary N) is 1. The minimum atomic E-state index is -0.0144. The van der Waals surface area contributed by atoms with Gasteiger partial charge >= 0.3 is 0 Å². The monoisotopic (exact) mass is 314 g/mol. The molecule has 0 radical (unpaired) electrons. The first-order valence-corrected chi connectivity index (χ1v) is 9.16. The number of hydrogen-bond acceptors (Lipinski definition) is 5. The Kier molecular flexibility index (Phi) is 6.89. The zero-order valence-corrected chi connectivity index (χ0v) is 14.7. The van der Waals surface area contributed by atoms with E-state index in [4.69, 9.17) is 5.73 Å². The van der Waals surface area contributed by atoms with E-state index in [9.17, 15) is 4.79 Å². The Morgan fingerprint density at radius 1 is 1.35 bits per heavy atom. The van der Waals surface area contributed by atoms with Gasteiger partial charge in [0.15, 0.2) is 5.78 Å². The maximum atomic E-state index is 12.2. The third kappa shape index (κ3) is 4.42. The Morgan fingerprint density at radius 3 is 2.50 bits per heavy atom. The molecule has 0 unspecified atom stereocenters. The number of nitrogen functional groups attached to an aromatic ring is 1. The van der Waals surface area contributed by atoms with Crippen molar-refractivity contribution in [2.45, 2.75) is 45.4 Å². The van der Waals surface area contributed by atoms with Crippen molar-refractivity contribution in [3.8, 4) is 0 Å². The van der Waals surface area contributed by atoms with Crippen LogP contribution in [0.5, 0.6) is 0 Å². The molecule has 0 aromatic carbocycles. The van der Waals surface area contributed by atoms with E-state index in [1.807, 2.05) is 20.1 Å². The van der Waals surface area contributed by atoms with Crippen LogP contribution in [0.1, 0.15) is 50.2 Å². The third-order valence-electron chi connectivity index (χ3n) is 3.10. The second-order valence-corrected chi connectivity index (χ2v) is 7.53. The minimum absolute atomic E-state index is 0.0144. The summed E-state index contributed by atoms with van der Waals surface area (Å²) in [7, 11) is 0. The van der Waals surface area contributed by atoms with E-state index in [-0.39, 0.29) is 11.7 Å². The van der Waals surface area contributed by atoms with Gasteiger partial charge in [0.05, 0.1) is 15.5 Å². The number of thiophene rings is 1. The molecule has 20 heavy (non-hydrogen) atoms. The molecule has 0 bridgehead atoms. The fraction of sp³-hybridized carbons (Fsp3) is 0.667. The van der Waals surface area contributed by atoms with E-state index >= 15 is 0 Å². The molecule has 0 fully saturated rings. The highest BCUT2D eigenvalue weighted by Crippen LogP contribution is 2.42. The van der Waals surface area contributed by atoms with Crippen LogP contribution in [0.4, 0.5) is 10.7 Å². The maximum Gasteiger partial charge on any atom is 0.177 e. The van der Waals surface area contributed by atoms with Gasteiger partial charge in [-0.25, -0.2) is 0 Å². The Labute approximate surface area is 130 Å². The van der Waals surface area contributed by atoms with Gasteiger partial charge in [-0.1, -0.05) is 27.7 Å². The molecule has 1 aromatic rings. The second kappa shape index (κ2) is 7.93. The van der Waals surface area contributed by atoms with E-state index in [1.165, 1.54) is 17.8 Å². The molecule has 0 aliphatic carbocycles. The number of hydrogen-bond donors (Lipinski definition) is 2. The molecule has 3 nitrogen and oxygen atoms in total. The molecule has 1 heterocycles. The normalized spacial score (nSPS) is 11.3. The summed E-state index contributed by atoms with van der Waals surface area (Å²) in [5.41, 5.74) is 6.78. The summed E-state index contributed by atoms with van der Waals surface area (Å²) in [6, 6.07) is 0. The average molecular weight is 315 g/mol. The van der Waals surface area contributed by atoms with Crippen molar-refractivity contribution in [1.82, 2.24) is 0 Å². The first-order valence-electron chi connectivity index (χ1n) is 7.12. The van der Waals surface area contributed by atoms with Gasteiger partial charge in [-0.05, 0) is 25.0 Å². The van der Waals surface area contributed by atoms with Gasteiger partial charge in [0.2, 0.25) is 0 Å². The van der Waals surface area contributed by atoms with Gasteiger partial charge in [-0.2, -0.15) is 0 Å². The van der Waals surface area contributed by atoms with Crippen LogP contribution in [-0.4, -0.2) is 18.6 Å². The summed E-state index contributed by atoms with van der Waals surface area (Å²) in [6.45, 7) is 9.22. The predicted octanol–water partition coefficient (Wildman–Crippen LogP) is 4.74. The number of ketones is 1. The number of anilines is 2. The molecule has 0 spiro atoms. The summed E-state index contributed by atoms with van der Waals surface area (Å²) in [5, 5.41) is 4.48. The van der Waals surface area contributed by atoms with E-state index < -0.39 is 0 Å². The van der Waals surface area contributed by atoms with Gasteiger partial charge < -0.3 is 11.1 Å². The predicted molar refractivity (Wildman–Crippen MR) is 92.2 cm³/mol. The van der Waals surface area contributed by atoms with Gasteiger partial charge in [-0.3, -0.25) is 4.79 Å². The summed E-state index contributed by atoms with van der Waals surface area (Å²) in [6.07, 6.45) is 4.35. The molecule has 0 saturated heterocycles. The number of carbonyl (C=O) groups excluding carboxylic acids is 1. The Bertz CT molecular complexity index is 453. The largest absolute Gasteiger partial charge is 0.396 e. The first kappa shape index (κ1) is 17.4. The molecule has 0 saturated carbocycles. The maximum absolute atomic E-state index is 12.2. The van der Waals surface area contributed by atoms with Crippen LogP contribution < -0.4 is 11.1 Å². The van der Waals surface area contributed by atoms with E-state index in [2.05, 4.69) is 19.2 Å². The highest BCUT2D eigenvalue weighted by molar-refractivity contribution is 7.99. The van der Waals surface area contributed by atoms with Crippen molar-refractivity contribution in [2.75, 3.05) is 23.9 Å². The molecule has 0 aliphatic rings. The molecule has 0 atom stereocenters. The van der Waals surface area contributed by atoms with Crippen LogP contribution in [0.2, 0.25) is 0 Å². The molecule has 1 rings (SSSR count). The highest BCUT2D eigenvalue weighted by Gasteiger charge is 2.22. The summed E-state index contributed by atoms with van der Waals surface area (Å²) < 4.78 is 0. The highest BCUT2D eigenvalue weighted by atomic mass is 32.2. The van der Waals surface area contributed by atoms with Crippen LogP contribution in [0.25, 0.3) is 0 Å². The lowest BCUT2D eigenvalue weighted by molar-refractivity contribution is 0.0944. The zero-order valence-electron chi connectivity index (χ0n) is 13.1. The van der Waals surface area contributed by atoms with E-state index in [0.717, 1.165) is 28.8 Å². The van der Waals surface area contributed by atoms with Crippen LogP contribution in [0.15, 0.2) is 4.90 Å². The topological polar surface area (TPSA) is 55.1 Å². The first-order chi connectivity index (χ1) is 9.38. The number of thioether (sulfide) groups is 1.